The van der Waals surface area contributed by atoms with Crippen LogP contribution in [0.1, 0.15) is 16.1 Å². The third kappa shape index (κ3) is 2.72. The zero-order valence-corrected chi connectivity index (χ0v) is 10.4. The van der Waals surface area contributed by atoms with Gasteiger partial charge in [0.2, 0.25) is 5.95 Å². The molecule has 0 radical (unpaired) electrons. The first-order chi connectivity index (χ1) is 9.81. The molecule has 0 saturated heterocycles. The first kappa shape index (κ1) is 12.1. The number of amides is 1. The second-order valence-electron chi connectivity index (χ2n) is 4.05. The number of hydrogen-bond acceptors (Lipinski definition) is 5. The second kappa shape index (κ2) is 5.35. The van der Waals surface area contributed by atoms with Crippen molar-refractivity contribution in [2.75, 3.05) is 5.32 Å². The minimum atomic E-state index is -0.311. The van der Waals surface area contributed by atoms with E-state index in [0.29, 0.717) is 12.1 Å². The van der Waals surface area contributed by atoms with Crippen LogP contribution in [-0.2, 0) is 6.54 Å². The molecular formula is C13H11N5O2. The summed E-state index contributed by atoms with van der Waals surface area (Å²) in [6.45, 7) is 0.495. The molecule has 0 atom stereocenters. The molecule has 3 aromatic heterocycles. The van der Waals surface area contributed by atoms with Gasteiger partial charge < -0.3 is 4.42 Å². The predicted molar refractivity (Wildman–Crippen MR) is 70.0 cm³/mol. The monoisotopic (exact) mass is 269 g/mol. The van der Waals surface area contributed by atoms with Gasteiger partial charge in [0.1, 0.15) is 12.6 Å². The molecule has 3 heterocycles. The molecule has 0 fully saturated rings. The third-order valence-electron chi connectivity index (χ3n) is 2.60. The van der Waals surface area contributed by atoms with Gasteiger partial charge in [-0.15, -0.1) is 5.10 Å². The summed E-state index contributed by atoms with van der Waals surface area (Å²) in [6.07, 6.45) is 6.05. The number of carbonyl (C=O) groups is 1. The van der Waals surface area contributed by atoms with Crippen LogP contribution >= 0.6 is 0 Å². The van der Waals surface area contributed by atoms with Crippen LogP contribution in [0.4, 0.5) is 5.95 Å². The quantitative estimate of drug-likeness (QED) is 0.776. The molecule has 7 heteroatoms. The van der Waals surface area contributed by atoms with Crippen molar-refractivity contribution in [3.05, 3.63) is 60.6 Å². The topological polar surface area (TPSA) is 85.8 Å². The number of nitrogens with zero attached hydrogens (tertiary/aromatic N) is 4. The van der Waals surface area contributed by atoms with Crippen molar-refractivity contribution in [2.45, 2.75) is 6.54 Å². The molecule has 100 valence electrons. The third-order valence-corrected chi connectivity index (χ3v) is 2.60. The molecular weight excluding hydrogens is 258 g/mol. The molecule has 3 rings (SSSR count). The Hall–Kier alpha value is -2.96. The molecule has 0 aromatic carbocycles. The highest BCUT2D eigenvalue weighted by atomic mass is 16.3. The first-order valence-electron chi connectivity index (χ1n) is 5.94. The lowest BCUT2D eigenvalue weighted by atomic mass is 10.3. The molecule has 1 amide bonds. The van der Waals surface area contributed by atoms with Crippen LogP contribution in [-0.4, -0.2) is 25.7 Å². The highest BCUT2D eigenvalue weighted by Gasteiger charge is 2.10. The van der Waals surface area contributed by atoms with Gasteiger partial charge in [0, 0.05) is 6.20 Å². The average molecular weight is 269 g/mol. The zero-order valence-electron chi connectivity index (χ0n) is 10.4. The largest absolute Gasteiger partial charge is 0.472 e. The van der Waals surface area contributed by atoms with Crippen molar-refractivity contribution < 1.29 is 9.21 Å². The van der Waals surface area contributed by atoms with E-state index in [0.717, 1.165) is 5.69 Å². The van der Waals surface area contributed by atoms with Gasteiger partial charge >= 0.3 is 0 Å². The average Bonchev–Trinajstić information content (AvgIpc) is 3.11. The summed E-state index contributed by atoms with van der Waals surface area (Å²) in [5, 5.41) is 6.75. The van der Waals surface area contributed by atoms with Gasteiger partial charge in [0.25, 0.3) is 5.91 Å². The molecule has 20 heavy (non-hydrogen) atoms. The normalized spacial score (nSPS) is 10.4. The molecule has 7 nitrogen and oxygen atoms in total. The van der Waals surface area contributed by atoms with E-state index in [2.05, 4.69) is 20.4 Å². The Morgan fingerprint density at radius 3 is 3.00 bits per heavy atom. The van der Waals surface area contributed by atoms with Gasteiger partial charge in [0.05, 0.1) is 24.1 Å². The van der Waals surface area contributed by atoms with E-state index in [1.165, 1.54) is 12.5 Å². The van der Waals surface area contributed by atoms with Crippen LogP contribution in [0.15, 0.2) is 53.7 Å². The molecule has 0 aliphatic rings. The van der Waals surface area contributed by atoms with Crippen LogP contribution in [0.5, 0.6) is 0 Å². The number of anilines is 1. The van der Waals surface area contributed by atoms with E-state index in [4.69, 9.17) is 4.42 Å². The summed E-state index contributed by atoms with van der Waals surface area (Å²) in [4.78, 5) is 20.0. The van der Waals surface area contributed by atoms with E-state index < -0.39 is 0 Å². The molecule has 1 N–H and O–H groups in total. The summed E-state index contributed by atoms with van der Waals surface area (Å²) < 4.78 is 6.45. The van der Waals surface area contributed by atoms with Crippen molar-refractivity contribution in [2.24, 2.45) is 0 Å². The van der Waals surface area contributed by atoms with Gasteiger partial charge in [-0.05, 0) is 18.2 Å². The molecule has 3 aromatic rings. The van der Waals surface area contributed by atoms with E-state index in [1.54, 1.807) is 23.3 Å². The fraction of sp³-hybridized carbons (Fsp3) is 0.0769. The lowest BCUT2D eigenvalue weighted by molar-refractivity contribution is 0.102. The van der Waals surface area contributed by atoms with E-state index in [9.17, 15) is 4.79 Å². The van der Waals surface area contributed by atoms with Gasteiger partial charge in [-0.2, -0.15) is 0 Å². The number of carbonyl (C=O) groups excluding carboxylic acids is 1. The van der Waals surface area contributed by atoms with Crippen molar-refractivity contribution in [3.63, 3.8) is 0 Å². The maximum absolute atomic E-state index is 11.8. The van der Waals surface area contributed by atoms with Gasteiger partial charge in [-0.1, -0.05) is 6.07 Å². The first-order valence-corrected chi connectivity index (χ1v) is 5.94. The van der Waals surface area contributed by atoms with Crippen molar-refractivity contribution in [3.8, 4) is 0 Å². The van der Waals surface area contributed by atoms with Crippen molar-refractivity contribution >= 4 is 11.9 Å². The van der Waals surface area contributed by atoms with Gasteiger partial charge in [-0.3, -0.25) is 15.1 Å². The van der Waals surface area contributed by atoms with E-state index >= 15 is 0 Å². The van der Waals surface area contributed by atoms with Crippen molar-refractivity contribution in [1.82, 2.24) is 19.7 Å². The Balaban J connectivity index is 1.67. The van der Waals surface area contributed by atoms with Crippen LogP contribution in [0.2, 0.25) is 0 Å². The molecule has 0 unspecified atom stereocenters. The highest BCUT2D eigenvalue weighted by molar-refractivity contribution is 6.02. The number of hydrogen-bond donors (Lipinski definition) is 1. The lowest BCUT2D eigenvalue weighted by Crippen LogP contribution is -2.12. The maximum Gasteiger partial charge on any atom is 0.261 e. The standard InChI is InChI=1S/C13H11N5O2/c19-12(10-4-6-20-8-10)16-13-15-9-18(17-13)7-11-3-1-2-5-14-11/h1-6,8-9H,7H2,(H,16,17,19). The SMILES string of the molecule is O=C(Nc1ncn(Cc2ccccn2)n1)c1ccoc1. The number of furan rings is 1. The Labute approximate surface area is 114 Å². The summed E-state index contributed by atoms with van der Waals surface area (Å²) in [5.41, 5.74) is 1.29. The second-order valence-corrected chi connectivity index (χ2v) is 4.05. The van der Waals surface area contributed by atoms with Crippen LogP contribution in [0.3, 0.4) is 0 Å². The number of nitrogens with one attached hydrogen (secondary N) is 1. The number of rotatable bonds is 4. The van der Waals surface area contributed by atoms with Crippen LogP contribution in [0.25, 0.3) is 0 Å². The minimum Gasteiger partial charge on any atom is -0.472 e. The Bertz CT molecular complexity index is 691. The fourth-order valence-electron chi connectivity index (χ4n) is 1.65. The molecule has 0 saturated carbocycles. The van der Waals surface area contributed by atoms with E-state index in [-0.39, 0.29) is 11.9 Å². The zero-order chi connectivity index (χ0) is 13.8. The Morgan fingerprint density at radius 2 is 2.25 bits per heavy atom. The maximum atomic E-state index is 11.8. The Kier molecular flexibility index (Phi) is 3.24. The lowest BCUT2D eigenvalue weighted by Gasteiger charge is -1.99. The summed E-state index contributed by atoms with van der Waals surface area (Å²) >= 11 is 0. The smallest absolute Gasteiger partial charge is 0.261 e. The van der Waals surface area contributed by atoms with Gasteiger partial charge in [0.15, 0.2) is 0 Å². The summed E-state index contributed by atoms with van der Waals surface area (Å²) in [7, 11) is 0. The predicted octanol–water partition coefficient (Wildman–Crippen LogP) is 1.57. The minimum absolute atomic E-state index is 0.243. The Morgan fingerprint density at radius 1 is 1.30 bits per heavy atom. The van der Waals surface area contributed by atoms with Crippen LogP contribution in [0, 0.1) is 0 Å². The fourth-order valence-corrected chi connectivity index (χ4v) is 1.65. The number of pyridine rings is 1. The van der Waals surface area contributed by atoms with Crippen LogP contribution < -0.4 is 5.32 Å². The molecule has 0 bridgehead atoms. The molecule has 0 aliphatic carbocycles. The van der Waals surface area contributed by atoms with E-state index in [1.807, 2.05) is 18.2 Å². The van der Waals surface area contributed by atoms with Gasteiger partial charge in [-0.25, -0.2) is 9.67 Å². The molecule has 0 aliphatic heterocycles. The summed E-state index contributed by atoms with van der Waals surface area (Å²) in [6, 6.07) is 7.22. The molecule has 0 spiro atoms. The summed E-state index contributed by atoms with van der Waals surface area (Å²) in [5.74, 6) is -0.0681. The highest BCUT2D eigenvalue weighted by Crippen LogP contribution is 2.05. The number of aromatic nitrogens is 4. The van der Waals surface area contributed by atoms with Crippen molar-refractivity contribution in [1.29, 1.82) is 0 Å².